The van der Waals surface area contributed by atoms with Crippen molar-refractivity contribution in [3.05, 3.63) is 89.7 Å². The summed E-state index contributed by atoms with van der Waals surface area (Å²) >= 11 is 0. The van der Waals surface area contributed by atoms with Gasteiger partial charge in [-0.2, -0.15) is 0 Å². The van der Waals surface area contributed by atoms with Crippen LogP contribution in [-0.2, 0) is 29.2 Å². The van der Waals surface area contributed by atoms with Crippen molar-refractivity contribution < 1.29 is 14.3 Å². The van der Waals surface area contributed by atoms with Gasteiger partial charge >= 0.3 is 0 Å². The zero-order valence-corrected chi connectivity index (χ0v) is 25.2. The van der Waals surface area contributed by atoms with E-state index >= 15 is 0 Å². The second-order valence-corrected chi connectivity index (χ2v) is 12.2. The van der Waals surface area contributed by atoms with Crippen molar-refractivity contribution in [3.8, 4) is 5.75 Å². The third-order valence-corrected chi connectivity index (χ3v) is 9.23. The number of rotatable bonds is 7. The summed E-state index contributed by atoms with van der Waals surface area (Å²) < 4.78 is 6.05. The number of pyridine rings is 1. The fourth-order valence-corrected chi connectivity index (χ4v) is 6.93. The summed E-state index contributed by atoms with van der Waals surface area (Å²) in [4.78, 5) is 40.2. The number of hydrogen-bond acceptors (Lipinski definition) is 6. The number of likely N-dealkylation sites (tertiary alicyclic amines) is 1. The van der Waals surface area contributed by atoms with Gasteiger partial charge in [-0.15, -0.1) is 0 Å². The molecule has 226 valence electrons. The number of ether oxygens (including phenoxy) is 1. The van der Waals surface area contributed by atoms with Gasteiger partial charge in [0.1, 0.15) is 5.75 Å². The molecular weight excluding hydrogens is 538 g/mol. The predicted molar refractivity (Wildman–Crippen MR) is 168 cm³/mol. The van der Waals surface area contributed by atoms with Crippen LogP contribution in [0.4, 0.5) is 5.69 Å². The van der Waals surface area contributed by atoms with Crippen LogP contribution in [-0.4, -0.2) is 76.4 Å². The van der Waals surface area contributed by atoms with Crippen molar-refractivity contribution in [1.29, 1.82) is 0 Å². The average Bonchev–Trinajstić information content (AvgIpc) is 3.66. The maximum absolute atomic E-state index is 13.9. The van der Waals surface area contributed by atoms with Gasteiger partial charge in [-0.05, 0) is 86.7 Å². The van der Waals surface area contributed by atoms with E-state index in [1.54, 1.807) is 6.92 Å². The van der Waals surface area contributed by atoms with Gasteiger partial charge in [0, 0.05) is 63.6 Å². The Morgan fingerprint density at radius 2 is 1.63 bits per heavy atom. The number of hydrogen-bond donors (Lipinski definition) is 0. The van der Waals surface area contributed by atoms with Gasteiger partial charge in [0.2, 0.25) is 5.91 Å². The lowest BCUT2D eigenvalue weighted by Crippen LogP contribution is -2.46. The van der Waals surface area contributed by atoms with E-state index in [0.717, 1.165) is 62.4 Å². The lowest BCUT2D eigenvalue weighted by atomic mass is 10.1. The van der Waals surface area contributed by atoms with Crippen LogP contribution in [0.25, 0.3) is 0 Å². The molecule has 3 aliphatic heterocycles. The molecular formula is C35H43N5O3. The summed E-state index contributed by atoms with van der Waals surface area (Å²) in [5.41, 5.74) is 4.15. The Morgan fingerprint density at radius 3 is 2.40 bits per heavy atom. The molecule has 3 aliphatic rings. The molecule has 8 nitrogen and oxygen atoms in total. The molecule has 0 aliphatic carbocycles. The van der Waals surface area contributed by atoms with Crippen LogP contribution >= 0.6 is 0 Å². The van der Waals surface area contributed by atoms with E-state index in [1.807, 2.05) is 64.5 Å². The van der Waals surface area contributed by atoms with E-state index in [9.17, 15) is 9.59 Å². The Morgan fingerprint density at radius 1 is 0.860 bits per heavy atom. The SMILES string of the molecule is CC(=O)N1CC[C@@H]2CC[C@H](CN(C(=O)COc3ccc(CN4CCCC4)cc3)Cc3ccccc31)N2Cc1ccccn1. The van der Waals surface area contributed by atoms with Crippen LogP contribution in [0.2, 0.25) is 0 Å². The smallest absolute Gasteiger partial charge is 0.260 e. The molecule has 43 heavy (non-hydrogen) atoms. The number of fused-ring (bicyclic) bond motifs is 3. The molecule has 2 fully saturated rings. The first-order chi connectivity index (χ1) is 21.0. The molecule has 2 saturated heterocycles. The van der Waals surface area contributed by atoms with Crippen LogP contribution in [0.15, 0.2) is 72.9 Å². The first-order valence-corrected chi connectivity index (χ1v) is 15.8. The Kier molecular flexibility index (Phi) is 9.34. The molecule has 2 amide bonds. The number of benzene rings is 2. The first kappa shape index (κ1) is 29.3. The summed E-state index contributed by atoms with van der Waals surface area (Å²) in [6, 6.07) is 22.7. The predicted octanol–water partition coefficient (Wildman–Crippen LogP) is 4.87. The quantitative estimate of drug-likeness (QED) is 0.397. The zero-order chi connectivity index (χ0) is 29.6. The lowest BCUT2D eigenvalue weighted by Gasteiger charge is -2.33. The molecule has 8 heteroatoms. The van der Waals surface area contributed by atoms with Crippen LogP contribution in [0.5, 0.6) is 5.75 Å². The van der Waals surface area contributed by atoms with Crippen molar-refractivity contribution in [1.82, 2.24) is 19.7 Å². The molecule has 2 bridgehead atoms. The number of carbonyl (C=O) groups is 2. The van der Waals surface area contributed by atoms with Gasteiger partial charge in [-0.3, -0.25) is 24.4 Å². The Labute approximate surface area is 255 Å². The average molecular weight is 582 g/mol. The molecule has 4 heterocycles. The van der Waals surface area contributed by atoms with Crippen molar-refractivity contribution in [2.24, 2.45) is 0 Å². The number of carbonyl (C=O) groups excluding carboxylic acids is 2. The molecule has 0 spiro atoms. The largest absolute Gasteiger partial charge is 0.484 e. The zero-order valence-electron chi connectivity index (χ0n) is 25.2. The third-order valence-electron chi connectivity index (χ3n) is 9.23. The maximum Gasteiger partial charge on any atom is 0.260 e. The summed E-state index contributed by atoms with van der Waals surface area (Å²) in [7, 11) is 0. The highest BCUT2D eigenvalue weighted by Crippen LogP contribution is 2.32. The first-order valence-electron chi connectivity index (χ1n) is 15.8. The minimum Gasteiger partial charge on any atom is -0.484 e. The minimum atomic E-state index is -0.0502. The molecule has 3 aromatic rings. The van der Waals surface area contributed by atoms with Gasteiger partial charge in [0.05, 0.1) is 5.69 Å². The highest BCUT2D eigenvalue weighted by atomic mass is 16.5. The second kappa shape index (κ2) is 13.7. The molecule has 0 unspecified atom stereocenters. The number of amides is 2. The van der Waals surface area contributed by atoms with Gasteiger partial charge in [0.25, 0.3) is 5.91 Å². The molecule has 0 saturated carbocycles. The lowest BCUT2D eigenvalue weighted by molar-refractivity contribution is -0.134. The third kappa shape index (κ3) is 7.25. The maximum atomic E-state index is 13.9. The van der Waals surface area contributed by atoms with E-state index < -0.39 is 0 Å². The van der Waals surface area contributed by atoms with Gasteiger partial charge < -0.3 is 14.5 Å². The highest BCUT2D eigenvalue weighted by molar-refractivity contribution is 5.92. The molecule has 6 rings (SSSR count). The molecule has 0 N–H and O–H groups in total. The Bertz CT molecular complexity index is 1380. The minimum absolute atomic E-state index is 0.0203. The van der Waals surface area contributed by atoms with Crippen LogP contribution < -0.4 is 9.64 Å². The van der Waals surface area contributed by atoms with E-state index in [2.05, 4.69) is 33.0 Å². The van der Waals surface area contributed by atoms with Gasteiger partial charge in [0.15, 0.2) is 6.61 Å². The van der Waals surface area contributed by atoms with E-state index in [0.29, 0.717) is 31.4 Å². The van der Waals surface area contributed by atoms with Crippen molar-refractivity contribution >= 4 is 17.5 Å². The molecule has 0 radical (unpaired) electrons. The molecule has 2 aromatic carbocycles. The van der Waals surface area contributed by atoms with Crippen molar-refractivity contribution in [2.45, 2.75) is 70.7 Å². The van der Waals surface area contributed by atoms with E-state index in [-0.39, 0.29) is 24.5 Å². The van der Waals surface area contributed by atoms with Crippen LogP contribution in [0.3, 0.4) is 0 Å². The van der Waals surface area contributed by atoms with E-state index in [1.165, 1.54) is 18.4 Å². The standard InChI is InChI=1S/C35H43N5O3/c1-27(41)39-21-17-31-13-14-32(40(31)24-30-9-4-5-18-36-30)25-38(23-29-8-2-3-10-34(29)39)35(42)26-43-33-15-11-28(12-16-33)22-37-19-6-7-20-37/h2-5,8-12,15-16,18,31-32H,6-7,13-14,17,19-26H2,1H3/t31-,32+/m0/s1. The number of para-hydroxylation sites is 1. The monoisotopic (exact) mass is 581 g/mol. The Hall–Kier alpha value is -3.75. The molecule has 2 atom stereocenters. The van der Waals surface area contributed by atoms with Crippen LogP contribution in [0, 0.1) is 0 Å². The topological polar surface area (TPSA) is 69.2 Å². The number of aromatic nitrogens is 1. The fourth-order valence-electron chi connectivity index (χ4n) is 6.93. The second-order valence-electron chi connectivity index (χ2n) is 12.2. The number of anilines is 1. The highest BCUT2D eigenvalue weighted by Gasteiger charge is 2.37. The fraction of sp³-hybridized carbons (Fsp3) is 0.457. The summed E-state index contributed by atoms with van der Waals surface area (Å²) in [6.07, 6.45) is 7.31. The molecule has 1 aromatic heterocycles. The van der Waals surface area contributed by atoms with Gasteiger partial charge in [-0.25, -0.2) is 0 Å². The van der Waals surface area contributed by atoms with Crippen molar-refractivity contribution in [2.75, 3.05) is 37.7 Å². The van der Waals surface area contributed by atoms with Gasteiger partial charge in [-0.1, -0.05) is 36.4 Å². The summed E-state index contributed by atoms with van der Waals surface area (Å²) in [5.74, 6) is 0.676. The van der Waals surface area contributed by atoms with Crippen molar-refractivity contribution in [3.63, 3.8) is 0 Å². The van der Waals surface area contributed by atoms with E-state index in [4.69, 9.17) is 4.74 Å². The van der Waals surface area contributed by atoms with Crippen LogP contribution in [0.1, 0.15) is 55.8 Å². The normalized spacial score (nSPS) is 21.3. The summed E-state index contributed by atoms with van der Waals surface area (Å²) in [6.45, 7) is 7.30. The number of nitrogens with zero attached hydrogens (tertiary/aromatic N) is 5. The summed E-state index contributed by atoms with van der Waals surface area (Å²) in [5, 5.41) is 0. The Balaban J connectivity index is 1.21.